The van der Waals surface area contributed by atoms with Crippen LogP contribution in [0.25, 0.3) is 0 Å². The smallest absolute Gasteiger partial charge is 0.244 e. The summed E-state index contributed by atoms with van der Waals surface area (Å²) >= 11 is 7.08. The van der Waals surface area contributed by atoms with Crippen LogP contribution < -0.4 is 10.2 Å². The Labute approximate surface area is 187 Å². The number of hydrogen-bond acceptors (Lipinski definition) is 3. The minimum Gasteiger partial charge on any atom is -0.487 e. The van der Waals surface area contributed by atoms with Crippen LogP contribution in [0.5, 0.6) is 5.75 Å². The van der Waals surface area contributed by atoms with Gasteiger partial charge in [-0.25, -0.2) is 5.43 Å². The quantitative estimate of drug-likeness (QED) is 0.319. The Morgan fingerprint density at radius 3 is 2.31 bits per heavy atom. The Hall–Kier alpha value is -2.44. The third-order valence-corrected chi connectivity index (χ3v) is 5.31. The summed E-state index contributed by atoms with van der Waals surface area (Å²) < 4.78 is 7.52. The molecular formula is C23H20Br2N2O2. The van der Waals surface area contributed by atoms with Crippen molar-refractivity contribution < 1.29 is 9.53 Å². The number of hydrogen-bond donors (Lipinski definition) is 1. The molecular weight excluding hydrogens is 496 g/mol. The molecule has 0 unspecified atom stereocenters. The van der Waals surface area contributed by atoms with E-state index in [0.717, 1.165) is 31.4 Å². The van der Waals surface area contributed by atoms with E-state index in [4.69, 9.17) is 4.74 Å². The van der Waals surface area contributed by atoms with Crippen LogP contribution in [0.15, 0.2) is 80.8 Å². The minimum atomic E-state index is -0.161. The molecule has 0 heterocycles. The van der Waals surface area contributed by atoms with Gasteiger partial charge in [0.2, 0.25) is 5.91 Å². The van der Waals surface area contributed by atoms with E-state index < -0.39 is 0 Å². The van der Waals surface area contributed by atoms with E-state index in [0.29, 0.717) is 6.61 Å². The summed E-state index contributed by atoms with van der Waals surface area (Å²) in [5, 5.41) is 4.05. The molecule has 0 aliphatic rings. The van der Waals surface area contributed by atoms with Crippen molar-refractivity contribution in [3.05, 3.63) is 97.9 Å². The summed E-state index contributed by atoms with van der Waals surface area (Å²) in [6.07, 6.45) is 1.89. The molecule has 0 atom stereocenters. The molecule has 0 spiro atoms. The van der Waals surface area contributed by atoms with Crippen LogP contribution in [-0.4, -0.2) is 12.1 Å². The first-order chi connectivity index (χ1) is 14.0. The average Bonchev–Trinajstić information content (AvgIpc) is 2.70. The molecule has 0 aromatic heterocycles. The maximum absolute atomic E-state index is 12.0. The summed E-state index contributed by atoms with van der Waals surface area (Å²) in [6, 6.07) is 21.6. The molecule has 0 saturated carbocycles. The summed E-state index contributed by atoms with van der Waals surface area (Å²) in [4.78, 5) is 12.0. The van der Waals surface area contributed by atoms with Crippen LogP contribution in [0.4, 0.5) is 0 Å². The summed E-state index contributed by atoms with van der Waals surface area (Å²) in [7, 11) is 0. The monoisotopic (exact) mass is 514 g/mol. The molecule has 3 aromatic rings. The van der Waals surface area contributed by atoms with E-state index in [1.54, 1.807) is 6.21 Å². The normalized spacial score (nSPS) is 10.9. The van der Waals surface area contributed by atoms with Crippen molar-refractivity contribution in [2.45, 2.75) is 20.0 Å². The number of ether oxygens (including phenoxy) is 1. The first-order valence-corrected chi connectivity index (χ1v) is 10.6. The van der Waals surface area contributed by atoms with E-state index in [1.807, 2.05) is 73.7 Å². The van der Waals surface area contributed by atoms with E-state index >= 15 is 0 Å². The van der Waals surface area contributed by atoms with E-state index in [1.165, 1.54) is 5.56 Å². The second-order valence-electron chi connectivity index (χ2n) is 6.54. The van der Waals surface area contributed by atoms with Gasteiger partial charge in [0.15, 0.2) is 0 Å². The largest absolute Gasteiger partial charge is 0.487 e. The average molecular weight is 516 g/mol. The number of benzene rings is 3. The van der Waals surface area contributed by atoms with Crippen molar-refractivity contribution in [1.82, 2.24) is 5.43 Å². The highest BCUT2D eigenvalue weighted by Crippen LogP contribution is 2.35. The zero-order valence-electron chi connectivity index (χ0n) is 15.9. The highest BCUT2D eigenvalue weighted by atomic mass is 79.9. The molecule has 0 saturated heterocycles. The Kier molecular flexibility index (Phi) is 7.61. The van der Waals surface area contributed by atoms with Gasteiger partial charge in [0.05, 0.1) is 21.6 Å². The Morgan fingerprint density at radius 1 is 1.00 bits per heavy atom. The summed E-state index contributed by atoms with van der Waals surface area (Å²) in [6.45, 7) is 2.49. The van der Waals surface area contributed by atoms with E-state index in [9.17, 15) is 4.79 Å². The van der Waals surface area contributed by atoms with E-state index in [-0.39, 0.29) is 12.3 Å². The van der Waals surface area contributed by atoms with Crippen LogP contribution >= 0.6 is 31.9 Å². The molecule has 0 fully saturated rings. The molecule has 1 amide bonds. The number of amides is 1. The molecule has 3 rings (SSSR count). The Balaban J connectivity index is 1.57. The fourth-order valence-electron chi connectivity index (χ4n) is 2.63. The minimum absolute atomic E-state index is 0.161. The van der Waals surface area contributed by atoms with Crippen LogP contribution in [0.1, 0.15) is 22.3 Å². The number of nitrogens with one attached hydrogen (secondary N) is 1. The highest BCUT2D eigenvalue weighted by molar-refractivity contribution is 9.11. The molecule has 0 aliphatic heterocycles. The lowest BCUT2D eigenvalue weighted by Gasteiger charge is -2.11. The van der Waals surface area contributed by atoms with Crippen molar-refractivity contribution in [2.75, 3.05) is 0 Å². The Morgan fingerprint density at radius 2 is 1.66 bits per heavy atom. The molecule has 148 valence electrons. The predicted octanol–water partition coefficient (Wildman–Crippen LogP) is 5.79. The van der Waals surface area contributed by atoms with Gasteiger partial charge in [0.1, 0.15) is 12.4 Å². The Bertz CT molecular complexity index is 980. The maximum atomic E-state index is 12.0. The molecule has 0 aliphatic carbocycles. The lowest BCUT2D eigenvalue weighted by atomic mass is 10.1. The third kappa shape index (κ3) is 6.54. The topological polar surface area (TPSA) is 50.7 Å². The first-order valence-electron chi connectivity index (χ1n) is 9.04. The van der Waals surface area contributed by atoms with Gasteiger partial charge in [-0.15, -0.1) is 0 Å². The SMILES string of the molecule is Cc1ccc(CC(=O)N/N=C/c2cc(Br)c(OCc3ccccc3)c(Br)c2)cc1. The zero-order valence-corrected chi connectivity index (χ0v) is 19.0. The standard InChI is InChI=1S/C23H20Br2N2O2/c1-16-7-9-17(10-8-16)13-22(28)27-26-14-19-11-20(24)23(21(25)12-19)29-15-18-5-3-2-4-6-18/h2-12,14H,13,15H2,1H3,(H,27,28)/b26-14+. The molecule has 29 heavy (non-hydrogen) atoms. The van der Waals surface area contributed by atoms with Crippen molar-refractivity contribution in [3.8, 4) is 5.75 Å². The van der Waals surface area contributed by atoms with Gasteiger partial charge in [-0.3, -0.25) is 4.79 Å². The second kappa shape index (κ2) is 10.4. The van der Waals surface area contributed by atoms with Gasteiger partial charge >= 0.3 is 0 Å². The highest BCUT2D eigenvalue weighted by Gasteiger charge is 2.09. The van der Waals surface area contributed by atoms with Gasteiger partial charge in [0.25, 0.3) is 0 Å². The summed E-state index contributed by atoms with van der Waals surface area (Å²) in [5.74, 6) is 0.556. The molecule has 4 nitrogen and oxygen atoms in total. The van der Waals surface area contributed by atoms with Crippen LogP contribution in [-0.2, 0) is 17.8 Å². The molecule has 1 N–H and O–H groups in total. The number of nitrogens with zero attached hydrogens (tertiary/aromatic N) is 1. The fourth-order valence-corrected chi connectivity index (χ4v) is 4.08. The number of aryl methyl sites for hydroxylation is 1. The number of halogens is 2. The van der Waals surface area contributed by atoms with Gasteiger partial charge in [-0.1, -0.05) is 60.2 Å². The number of rotatable bonds is 7. The van der Waals surface area contributed by atoms with Crippen molar-refractivity contribution in [2.24, 2.45) is 5.10 Å². The molecule has 0 radical (unpaired) electrons. The van der Waals surface area contributed by atoms with Crippen molar-refractivity contribution in [1.29, 1.82) is 0 Å². The first kappa shape index (κ1) is 21.3. The lowest BCUT2D eigenvalue weighted by molar-refractivity contribution is -0.120. The predicted molar refractivity (Wildman–Crippen MR) is 123 cm³/mol. The maximum Gasteiger partial charge on any atom is 0.244 e. The van der Waals surface area contributed by atoms with Gasteiger partial charge in [-0.05, 0) is 67.6 Å². The number of hydrazone groups is 1. The molecule has 3 aromatic carbocycles. The van der Waals surface area contributed by atoms with E-state index in [2.05, 4.69) is 42.4 Å². The number of carbonyl (C=O) groups excluding carboxylic acids is 1. The number of carbonyl (C=O) groups is 1. The zero-order chi connectivity index (χ0) is 20.6. The van der Waals surface area contributed by atoms with Gasteiger partial charge in [-0.2, -0.15) is 5.10 Å². The van der Waals surface area contributed by atoms with Crippen molar-refractivity contribution >= 4 is 44.0 Å². The van der Waals surface area contributed by atoms with Crippen LogP contribution in [0.3, 0.4) is 0 Å². The fraction of sp³-hybridized carbons (Fsp3) is 0.130. The van der Waals surface area contributed by atoms with Crippen LogP contribution in [0, 0.1) is 6.92 Å². The van der Waals surface area contributed by atoms with Gasteiger partial charge < -0.3 is 4.74 Å². The van der Waals surface area contributed by atoms with Crippen LogP contribution in [0.2, 0.25) is 0 Å². The van der Waals surface area contributed by atoms with Crippen molar-refractivity contribution in [3.63, 3.8) is 0 Å². The third-order valence-electron chi connectivity index (χ3n) is 4.13. The summed E-state index contributed by atoms with van der Waals surface area (Å²) in [5.41, 5.74) is 6.60. The second-order valence-corrected chi connectivity index (χ2v) is 8.25. The molecule has 0 bridgehead atoms. The lowest BCUT2D eigenvalue weighted by Crippen LogP contribution is -2.19. The van der Waals surface area contributed by atoms with Gasteiger partial charge in [0, 0.05) is 0 Å². The molecule has 6 heteroatoms.